The van der Waals surface area contributed by atoms with Crippen molar-refractivity contribution in [2.75, 3.05) is 24.3 Å². The molecule has 0 amide bonds. The van der Waals surface area contributed by atoms with Crippen molar-refractivity contribution in [1.29, 1.82) is 0 Å². The van der Waals surface area contributed by atoms with Crippen LogP contribution in [0.1, 0.15) is 12.8 Å². The maximum atomic E-state index is 5.42. The van der Waals surface area contributed by atoms with Gasteiger partial charge in [-0.3, -0.25) is 4.99 Å². The third-order valence-corrected chi connectivity index (χ3v) is 5.01. The molecule has 2 aliphatic heterocycles. The molecule has 0 aromatic heterocycles. The Morgan fingerprint density at radius 2 is 1.94 bits per heavy atom. The van der Waals surface area contributed by atoms with E-state index in [0.29, 0.717) is 0 Å². The monoisotopic (exact) mass is 326 g/mol. The standard InChI is InChI=1S/C13H15BrN2OS/c14-10-1-3-11(4-2-10)15-12-16-13(9-18-12)5-7-17-8-6-13/h1-4H,5-9H2,(H,15,16). The van der Waals surface area contributed by atoms with E-state index in [0.717, 1.165) is 47.1 Å². The lowest BCUT2D eigenvalue weighted by Crippen LogP contribution is -2.34. The van der Waals surface area contributed by atoms with Crippen molar-refractivity contribution in [3.63, 3.8) is 0 Å². The summed E-state index contributed by atoms with van der Waals surface area (Å²) >= 11 is 5.26. The molecule has 1 spiro atoms. The van der Waals surface area contributed by atoms with Crippen LogP contribution in [0.25, 0.3) is 0 Å². The maximum absolute atomic E-state index is 5.42. The molecule has 18 heavy (non-hydrogen) atoms. The lowest BCUT2D eigenvalue weighted by Gasteiger charge is -2.29. The number of ether oxygens (including phenoxy) is 1. The van der Waals surface area contributed by atoms with Gasteiger partial charge in [0.05, 0.1) is 5.54 Å². The Balaban J connectivity index is 1.70. The number of nitrogens with zero attached hydrogens (tertiary/aromatic N) is 1. The van der Waals surface area contributed by atoms with E-state index in [1.165, 1.54) is 0 Å². The number of rotatable bonds is 1. The number of amidine groups is 1. The number of benzene rings is 1. The summed E-state index contributed by atoms with van der Waals surface area (Å²) in [5, 5.41) is 4.43. The number of halogens is 1. The molecule has 1 aromatic rings. The van der Waals surface area contributed by atoms with Crippen molar-refractivity contribution in [1.82, 2.24) is 0 Å². The average Bonchev–Trinajstić information content (AvgIpc) is 2.76. The molecule has 1 aromatic carbocycles. The molecule has 1 N–H and O–H groups in total. The molecule has 0 saturated carbocycles. The SMILES string of the molecule is Brc1ccc(NC2=NC3(CCOCC3)CS2)cc1. The van der Waals surface area contributed by atoms with Gasteiger partial charge in [0.25, 0.3) is 0 Å². The summed E-state index contributed by atoms with van der Waals surface area (Å²) in [4.78, 5) is 4.87. The minimum absolute atomic E-state index is 0.126. The van der Waals surface area contributed by atoms with E-state index in [-0.39, 0.29) is 5.54 Å². The summed E-state index contributed by atoms with van der Waals surface area (Å²) in [6, 6.07) is 8.18. The number of nitrogens with one attached hydrogen (secondary N) is 1. The Morgan fingerprint density at radius 1 is 1.22 bits per heavy atom. The van der Waals surface area contributed by atoms with Crippen LogP contribution in [0.3, 0.4) is 0 Å². The van der Waals surface area contributed by atoms with Crippen LogP contribution in [0.5, 0.6) is 0 Å². The number of aliphatic imine (C=N–C) groups is 1. The molecule has 0 unspecified atom stereocenters. The predicted octanol–water partition coefficient (Wildman–Crippen LogP) is 3.51. The van der Waals surface area contributed by atoms with Crippen LogP contribution in [0, 0.1) is 0 Å². The van der Waals surface area contributed by atoms with Gasteiger partial charge < -0.3 is 10.1 Å². The van der Waals surface area contributed by atoms with Crippen LogP contribution < -0.4 is 5.32 Å². The van der Waals surface area contributed by atoms with Gasteiger partial charge >= 0.3 is 0 Å². The zero-order chi connectivity index (χ0) is 12.4. The van der Waals surface area contributed by atoms with E-state index in [1.807, 2.05) is 23.9 Å². The van der Waals surface area contributed by atoms with Crippen LogP contribution in [-0.2, 0) is 4.74 Å². The summed E-state index contributed by atoms with van der Waals surface area (Å²) in [6.07, 6.45) is 2.09. The number of hydrogen-bond donors (Lipinski definition) is 1. The largest absolute Gasteiger partial charge is 0.381 e. The highest BCUT2D eigenvalue weighted by molar-refractivity contribution is 9.10. The van der Waals surface area contributed by atoms with Gasteiger partial charge in [-0.05, 0) is 37.1 Å². The van der Waals surface area contributed by atoms with Crippen molar-refractivity contribution < 1.29 is 4.74 Å². The van der Waals surface area contributed by atoms with Crippen molar-refractivity contribution in [2.45, 2.75) is 18.4 Å². The first-order chi connectivity index (χ1) is 8.76. The summed E-state index contributed by atoms with van der Waals surface area (Å²) in [5.74, 6) is 1.08. The fourth-order valence-electron chi connectivity index (χ4n) is 2.21. The Morgan fingerprint density at radius 3 is 2.67 bits per heavy atom. The van der Waals surface area contributed by atoms with E-state index in [4.69, 9.17) is 9.73 Å². The second-order valence-electron chi connectivity index (χ2n) is 4.67. The molecule has 0 aliphatic carbocycles. The summed E-state index contributed by atoms with van der Waals surface area (Å²) in [6.45, 7) is 1.69. The van der Waals surface area contributed by atoms with Gasteiger partial charge in [0.15, 0.2) is 5.17 Å². The number of thioether (sulfide) groups is 1. The zero-order valence-electron chi connectivity index (χ0n) is 9.99. The molecular weight excluding hydrogens is 312 g/mol. The molecule has 1 saturated heterocycles. The van der Waals surface area contributed by atoms with Crippen molar-refractivity contribution in [3.8, 4) is 0 Å². The van der Waals surface area contributed by atoms with Gasteiger partial charge in [0.2, 0.25) is 0 Å². The minimum Gasteiger partial charge on any atom is -0.381 e. The molecule has 0 bridgehead atoms. The molecule has 3 nitrogen and oxygen atoms in total. The van der Waals surface area contributed by atoms with E-state index >= 15 is 0 Å². The first-order valence-electron chi connectivity index (χ1n) is 6.09. The topological polar surface area (TPSA) is 33.6 Å². The zero-order valence-corrected chi connectivity index (χ0v) is 12.4. The van der Waals surface area contributed by atoms with Crippen LogP contribution in [-0.4, -0.2) is 29.7 Å². The van der Waals surface area contributed by atoms with Crippen LogP contribution in [0.4, 0.5) is 5.69 Å². The fraction of sp³-hybridized carbons (Fsp3) is 0.462. The minimum atomic E-state index is 0.126. The van der Waals surface area contributed by atoms with Crippen LogP contribution in [0.2, 0.25) is 0 Å². The van der Waals surface area contributed by atoms with Gasteiger partial charge in [-0.25, -0.2) is 0 Å². The quantitative estimate of drug-likeness (QED) is 0.857. The predicted molar refractivity (Wildman–Crippen MR) is 80.4 cm³/mol. The van der Waals surface area contributed by atoms with Crippen LogP contribution in [0.15, 0.2) is 33.7 Å². The van der Waals surface area contributed by atoms with E-state index < -0.39 is 0 Å². The fourth-order valence-corrected chi connectivity index (χ4v) is 3.68. The van der Waals surface area contributed by atoms with Gasteiger partial charge in [0.1, 0.15) is 0 Å². The molecule has 0 radical (unpaired) electrons. The molecule has 3 rings (SSSR count). The highest BCUT2D eigenvalue weighted by Gasteiger charge is 2.37. The molecule has 2 heterocycles. The molecule has 0 atom stereocenters. The summed E-state index contributed by atoms with van der Waals surface area (Å²) < 4.78 is 6.51. The molecule has 1 fully saturated rings. The highest BCUT2D eigenvalue weighted by Crippen LogP contribution is 2.36. The van der Waals surface area contributed by atoms with E-state index in [2.05, 4.69) is 33.4 Å². The third-order valence-electron chi connectivity index (χ3n) is 3.34. The van der Waals surface area contributed by atoms with Crippen molar-refractivity contribution in [3.05, 3.63) is 28.7 Å². The lowest BCUT2D eigenvalue weighted by molar-refractivity contribution is 0.0624. The first-order valence-corrected chi connectivity index (χ1v) is 7.87. The smallest absolute Gasteiger partial charge is 0.161 e. The molecular formula is C13H15BrN2OS. The van der Waals surface area contributed by atoms with Crippen molar-refractivity contribution in [2.24, 2.45) is 4.99 Å². The molecule has 2 aliphatic rings. The second-order valence-corrected chi connectivity index (χ2v) is 6.55. The first kappa shape index (κ1) is 12.5. The second kappa shape index (κ2) is 5.23. The van der Waals surface area contributed by atoms with Gasteiger partial charge in [-0.15, -0.1) is 0 Å². The van der Waals surface area contributed by atoms with Crippen molar-refractivity contribution >= 4 is 38.5 Å². The third kappa shape index (κ3) is 2.73. The summed E-state index contributed by atoms with van der Waals surface area (Å²) in [5.41, 5.74) is 1.22. The average molecular weight is 327 g/mol. The Kier molecular flexibility index (Phi) is 3.63. The molecule has 5 heteroatoms. The molecule has 96 valence electrons. The number of anilines is 1. The number of hydrogen-bond acceptors (Lipinski definition) is 4. The Labute approximate surface area is 120 Å². The lowest BCUT2D eigenvalue weighted by atomic mass is 9.93. The maximum Gasteiger partial charge on any atom is 0.161 e. The summed E-state index contributed by atoms with van der Waals surface area (Å²) in [7, 11) is 0. The van der Waals surface area contributed by atoms with E-state index in [1.54, 1.807) is 0 Å². The van der Waals surface area contributed by atoms with Crippen LogP contribution >= 0.6 is 27.7 Å². The highest BCUT2D eigenvalue weighted by atomic mass is 79.9. The van der Waals surface area contributed by atoms with Gasteiger partial charge in [0, 0.05) is 29.1 Å². The van der Waals surface area contributed by atoms with Gasteiger partial charge in [-0.2, -0.15) is 0 Å². The Hall–Kier alpha value is -0.520. The normalized spacial score (nSPS) is 21.9. The van der Waals surface area contributed by atoms with E-state index in [9.17, 15) is 0 Å². The van der Waals surface area contributed by atoms with Gasteiger partial charge in [-0.1, -0.05) is 27.7 Å². The Bertz CT molecular complexity index is 455.